The van der Waals surface area contributed by atoms with E-state index in [0.29, 0.717) is 11.4 Å². The van der Waals surface area contributed by atoms with E-state index in [1.165, 1.54) is 0 Å². The van der Waals surface area contributed by atoms with Crippen LogP contribution in [0.3, 0.4) is 0 Å². The van der Waals surface area contributed by atoms with Crippen LogP contribution in [0.15, 0.2) is 36.8 Å². The van der Waals surface area contributed by atoms with Crippen molar-refractivity contribution in [3.8, 4) is 0 Å². The Balaban J connectivity index is 2.11. The Labute approximate surface area is 86.8 Å². The summed E-state index contributed by atoms with van der Waals surface area (Å²) in [5, 5.41) is 6.71. The molecule has 1 N–H and O–H groups in total. The fourth-order valence-electron chi connectivity index (χ4n) is 1.17. The van der Waals surface area contributed by atoms with E-state index in [-0.39, 0.29) is 5.91 Å². The number of nitrogens with one attached hydrogen (secondary N) is 1. The fraction of sp³-hybridized carbons (Fsp3) is 0.100. The molecule has 0 radical (unpaired) electrons. The van der Waals surface area contributed by atoms with E-state index in [1.807, 2.05) is 0 Å². The lowest BCUT2D eigenvalue weighted by atomic mass is 10.3. The number of aromatic nitrogens is 3. The molecule has 1 amide bonds. The normalized spacial score (nSPS) is 9.93. The van der Waals surface area contributed by atoms with Gasteiger partial charge in [0.25, 0.3) is 5.91 Å². The monoisotopic (exact) mass is 202 g/mol. The van der Waals surface area contributed by atoms with Crippen molar-refractivity contribution in [3.63, 3.8) is 0 Å². The van der Waals surface area contributed by atoms with Crippen LogP contribution in [0.4, 0.5) is 5.69 Å². The summed E-state index contributed by atoms with van der Waals surface area (Å²) >= 11 is 0. The Morgan fingerprint density at radius 3 is 2.67 bits per heavy atom. The van der Waals surface area contributed by atoms with Crippen molar-refractivity contribution in [2.45, 2.75) is 0 Å². The molecule has 15 heavy (non-hydrogen) atoms. The van der Waals surface area contributed by atoms with Crippen LogP contribution in [0.1, 0.15) is 10.5 Å². The fourth-order valence-corrected chi connectivity index (χ4v) is 1.17. The molecule has 2 aromatic rings. The van der Waals surface area contributed by atoms with E-state index in [0.717, 1.165) is 0 Å². The van der Waals surface area contributed by atoms with Gasteiger partial charge in [-0.25, -0.2) is 0 Å². The largest absolute Gasteiger partial charge is 0.320 e. The zero-order valence-corrected chi connectivity index (χ0v) is 8.21. The molecule has 0 aliphatic carbocycles. The predicted octanol–water partition coefficient (Wildman–Crippen LogP) is 1.07. The number of carbonyl (C=O) groups excluding carboxylic acids is 1. The first-order valence-corrected chi connectivity index (χ1v) is 4.47. The van der Waals surface area contributed by atoms with Gasteiger partial charge in [0, 0.05) is 31.3 Å². The van der Waals surface area contributed by atoms with Crippen LogP contribution in [0, 0.1) is 0 Å². The molecule has 0 atom stereocenters. The lowest BCUT2D eigenvalue weighted by molar-refractivity contribution is 0.102. The molecule has 2 aromatic heterocycles. The average Bonchev–Trinajstić information content (AvgIpc) is 2.66. The van der Waals surface area contributed by atoms with Gasteiger partial charge in [-0.05, 0) is 18.2 Å². The second-order valence-electron chi connectivity index (χ2n) is 3.06. The third kappa shape index (κ3) is 2.19. The van der Waals surface area contributed by atoms with Crippen LogP contribution in [-0.4, -0.2) is 20.7 Å². The number of rotatable bonds is 2. The van der Waals surface area contributed by atoms with Crippen molar-refractivity contribution in [2.75, 3.05) is 5.32 Å². The van der Waals surface area contributed by atoms with Crippen LogP contribution in [-0.2, 0) is 7.05 Å². The molecule has 0 unspecified atom stereocenters. The van der Waals surface area contributed by atoms with Crippen molar-refractivity contribution in [3.05, 3.63) is 42.5 Å². The van der Waals surface area contributed by atoms with Crippen LogP contribution in [0.5, 0.6) is 0 Å². The lowest BCUT2D eigenvalue weighted by Crippen LogP contribution is -2.12. The molecular formula is C10H10N4O. The standard InChI is InChI=1S/C10H10N4O/c1-14-7-4-9(13-14)10(15)12-8-2-5-11-6-3-8/h2-7H,1H3,(H,11,12,15). The molecular weight excluding hydrogens is 192 g/mol. The highest BCUT2D eigenvalue weighted by Crippen LogP contribution is 2.05. The van der Waals surface area contributed by atoms with Crippen molar-refractivity contribution < 1.29 is 4.79 Å². The molecule has 0 bridgehead atoms. The Morgan fingerprint density at radius 2 is 2.07 bits per heavy atom. The van der Waals surface area contributed by atoms with E-state index in [2.05, 4.69) is 15.4 Å². The number of aryl methyl sites for hydroxylation is 1. The van der Waals surface area contributed by atoms with E-state index in [1.54, 1.807) is 48.5 Å². The smallest absolute Gasteiger partial charge is 0.276 e. The highest BCUT2D eigenvalue weighted by atomic mass is 16.1. The van der Waals surface area contributed by atoms with E-state index < -0.39 is 0 Å². The van der Waals surface area contributed by atoms with Gasteiger partial charge in [-0.15, -0.1) is 0 Å². The molecule has 0 saturated carbocycles. The first kappa shape index (κ1) is 9.39. The highest BCUT2D eigenvalue weighted by Gasteiger charge is 2.08. The minimum absolute atomic E-state index is 0.221. The van der Waals surface area contributed by atoms with E-state index in [9.17, 15) is 4.79 Å². The zero-order valence-electron chi connectivity index (χ0n) is 8.21. The number of hydrogen-bond acceptors (Lipinski definition) is 3. The Bertz CT molecular complexity index is 463. The summed E-state index contributed by atoms with van der Waals surface area (Å²) in [6.07, 6.45) is 4.96. The quantitative estimate of drug-likeness (QED) is 0.792. The maximum absolute atomic E-state index is 11.6. The molecule has 2 heterocycles. The number of anilines is 1. The molecule has 0 aliphatic rings. The van der Waals surface area contributed by atoms with Gasteiger partial charge in [0.15, 0.2) is 5.69 Å². The van der Waals surface area contributed by atoms with Gasteiger partial charge in [0.1, 0.15) is 0 Å². The topological polar surface area (TPSA) is 59.8 Å². The molecule has 0 aromatic carbocycles. The number of carbonyl (C=O) groups is 1. The summed E-state index contributed by atoms with van der Waals surface area (Å²) in [5.41, 5.74) is 1.11. The van der Waals surface area contributed by atoms with Gasteiger partial charge in [0.2, 0.25) is 0 Å². The van der Waals surface area contributed by atoms with Crippen LogP contribution >= 0.6 is 0 Å². The molecule has 76 valence electrons. The van der Waals surface area contributed by atoms with Crippen molar-refractivity contribution in [2.24, 2.45) is 7.05 Å². The summed E-state index contributed by atoms with van der Waals surface area (Å²) in [6, 6.07) is 5.11. The first-order chi connectivity index (χ1) is 7.25. The second kappa shape index (κ2) is 3.91. The molecule has 2 rings (SSSR count). The van der Waals surface area contributed by atoms with Crippen LogP contribution in [0.2, 0.25) is 0 Å². The average molecular weight is 202 g/mol. The number of nitrogens with zero attached hydrogens (tertiary/aromatic N) is 3. The van der Waals surface area contributed by atoms with Crippen LogP contribution < -0.4 is 5.32 Å². The number of hydrogen-bond donors (Lipinski definition) is 1. The minimum atomic E-state index is -0.221. The van der Waals surface area contributed by atoms with Crippen molar-refractivity contribution in [1.29, 1.82) is 0 Å². The summed E-state index contributed by atoms with van der Waals surface area (Å²) in [7, 11) is 1.77. The molecule has 0 fully saturated rings. The maximum atomic E-state index is 11.6. The first-order valence-electron chi connectivity index (χ1n) is 4.47. The lowest BCUT2D eigenvalue weighted by Gasteiger charge is -2.01. The Morgan fingerprint density at radius 1 is 1.33 bits per heavy atom. The summed E-state index contributed by atoms with van der Waals surface area (Å²) < 4.78 is 1.58. The third-order valence-corrected chi connectivity index (χ3v) is 1.88. The van der Waals surface area contributed by atoms with Crippen LogP contribution in [0.25, 0.3) is 0 Å². The maximum Gasteiger partial charge on any atom is 0.276 e. The van der Waals surface area contributed by atoms with E-state index in [4.69, 9.17) is 0 Å². The zero-order chi connectivity index (χ0) is 10.7. The highest BCUT2D eigenvalue weighted by molar-refractivity contribution is 6.02. The van der Waals surface area contributed by atoms with Gasteiger partial charge in [0.05, 0.1) is 0 Å². The molecule has 0 aliphatic heterocycles. The molecule has 0 saturated heterocycles. The van der Waals surface area contributed by atoms with Gasteiger partial charge in [-0.2, -0.15) is 5.10 Å². The Kier molecular flexibility index (Phi) is 2.45. The van der Waals surface area contributed by atoms with Gasteiger partial charge in [-0.1, -0.05) is 0 Å². The minimum Gasteiger partial charge on any atom is -0.320 e. The van der Waals surface area contributed by atoms with Gasteiger partial charge in [-0.3, -0.25) is 14.5 Å². The SMILES string of the molecule is Cn1ccc(C(=O)Nc2ccncc2)n1. The van der Waals surface area contributed by atoms with Gasteiger partial charge >= 0.3 is 0 Å². The van der Waals surface area contributed by atoms with Crippen molar-refractivity contribution in [1.82, 2.24) is 14.8 Å². The summed E-state index contributed by atoms with van der Waals surface area (Å²) in [5.74, 6) is -0.221. The molecule has 5 heteroatoms. The summed E-state index contributed by atoms with van der Waals surface area (Å²) in [6.45, 7) is 0. The third-order valence-electron chi connectivity index (χ3n) is 1.88. The second-order valence-corrected chi connectivity index (χ2v) is 3.06. The number of pyridine rings is 1. The molecule has 0 spiro atoms. The van der Waals surface area contributed by atoms with E-state index >= 15 is 0 Å². The van der Waals surface area contributed by atoms with Gasteiger partial charge < -0.3 is 5.32 Å². The summed E-state index contributed by atoms with van der Waals surface area (Å²) in [4.78, 5) is 15.5. The number of amides is 1. The molecule has 5 nitrogen and oxygen atoms in total. The predicted molar refractivity (Wildman–Crippen MR) is 55.4 cm³/mol. The van der Waals surface area contributed by atoms with Crippen molar-refractivity contribution >= 4 is 11.6 Å². The Hall–Kier alpha value is -2.17.